The van der Waals surface area contributed by atoms with E-state index >= 15 is 0 Å². The number of carbonyl (C=O) groups excluding carboxylic acids is 1. The van der Waals surface area contributed by atoms with Crippen molar-refractivity contribution in [3.63, 3.8) is 0 Å². The van der Waals surface area contributed by atoms with Gasteiger partial charge in [-0.15, -0.1) is 6.58 Å². The van der Waals surface area contributed by atoms with E-state index in [9.17, 15) is 15.0 Å². The number of nitrogens with zero attached hydrogens (tertiary/aromatic N) is 2. The maximum atomic E-state index is 13.6. The molecule has 1 heterocycles. The number of nitrogens with one attached hydrogen (secondary N) is 1. The largest absolute Gasteiger partial charge is 0.490 e. The number of fused-ring (bicyclic) bond motifs is 2. The monoisotopic (exact) mass is 639 g/mol. The van der Waals surface area contributed by atoms with Crippen LogP contribution in [0.15, 0.2) is 60.3 Å². The smallest absolute Gasteiger partial charge is 0.317 e. The zero-order valence-electron chi connectivity index (χ0n) is 27.8. The SMILES string of the molecule is C=CCOc1ccc2c(c1)C1C(CCCCO)C(CCCCO)C=C3C(=NOC)CC(N(C)C(=O)NCCC)C(OCC=C)(O2)C31. The molecule has 6 unspecified atom stereocenters. The molecule has 254 valence electrons. The summed E-state index contributed by atoms with van der Waals surface area (Å²) in [6.45, 7) is 11.2. The van der Waals surface area contributed by atoms with Gasteiger partial charge in [-0.25, -0.2) is 4.79 Å². The fourth-order valence-electron chi connectivity index (χ4n) is 7.58. The lowest BCUT2D eigenvalue weighted by Crippen LogP contribution is -2.70. The van der Waals surface area contributed by atoms with Crippen LogP contribution < -0.4 is 14.8 Å². The standard InChI is InChI=1S/C36H53N3O7/c1-6-17-37-35(42)39(4)32-24-30(38-43-5)28-22-25(13-9-11-18-40)27(14-10-12-19-41)33-29-23-26(44-20-7-2)15-16-31(29)46-36(32,34(28)33)45-21-8-3/h7-8,15-16,22-23,25,27,32-34,40-41H,2-3,6,9-14,17-21,24H2,1,4-5H3,(H,37,42). The first kappa shape index (κ1) is 35.5. The molecule has 0 bridgehead atoms. The molecule has 10 nitrogen and oxygen atoms in total. The van der Waals surface area contributed by atoms with Crippen LogP contribution in [-0.4, -0.2) is 85.8 Å². The Morgan fingerprint density at radius 3 is 2.57 bits per heavy atom. The van der Waals surface area contributed by atoms with Crippen LogP contribution in [-0.2, 0) is 9.57 Å². The van der Waals surface area contributed by atoms with Gasteiger partial charge >= 0.3 is 6.03 Å². The number of urea groups is 1. The normalized spacial score (nSPS) is 27.0. The van der Waals surface area contributed by atoms with Crippen molar-refractivity contribution in [3.05, 3.63) is 60.7 Å². The van der Waals surface area contributed by atoms with Gasteiger partial charge in [-0.05, 0) is 67.7 Å². The number of benzene rings is 1. The van der Waals surface area contributed by atoms with E-state index in [2.05, 4.69) is 35.8 Å². The number of hydrogen-bond donors (Lipinski definition) is 3. The molecule has 1 aliphatic heterocycles. The van der Waals surface area contributed by atoms with Crippen molar-refractivity contribution < 1.29 is 34.1 Å². The molecule has 10 heteroatoms. The van der Waals surface area contributed by atoms with Gasteiger partial charge in [0.2, 0.25) is 5.79 Å². The Hall–Kier alpha value is -3.34. The van der Waals surface area contributed by atoms with Crippen molar-refractivity contribution in [3.8, 4) is 11.5 Å². The topological polar surface area (TPSA) is 122 Å². The third kappa shape index (κ3) is 7.45. The molecule has 1 aromatic rings. The van der Waals surface area contributed by atoms with Crippen molar-refractivity contribution in [1.82, 2.24) is 10.2 Å². The van der Waals surface area contributed by atoms with Gasteiger partial charge in [0.15, 0.2) is 0 Å². The number of unbranched alkanes of at least 4 members (excludes halogenated alkanes) is 2. The van der Waals surface area contributed by atoms with Crippen LogP contribution in [0.5, 0.6) is 11.5 Å². The van der Waals surface area contributed by atoms with Crippen molar-refractivity contribution in [2.45, 2.75) is 76.0 Å². The predicted molar refractivity (Wildman–Crippen MR) is 179 cm³/mol. The van der Waals surface area contributed by atoms with Crippen molar-refractivity contribution >= 4 is 11.7 Å². The van der Waals surface area contributed by atoms with Crippen molar-refractivity contribution in [1.29, 1.82) is 0 Å². The van der Waals surface area contributed by atoms with Crippen LogP contribution in [0.25, 0.3) is 0 Å². The van der Waals surface area contributed by atoms with E-state index < -0.39 is 11.8 Å². The number of hydrogen-bond acceptors (Lipinski definition) is 8. The number of ether oxygens (including phenoxy) is 3. The maximum absolute atomic E-state index is 13.6. The molecule has 0 spiro atoms. The van der Waals surface area contributed by atoms with Gasteiger partial charge in [0, 0.05) is 44.7 Å². The zero-order chi connectivity index (χ0) is 33.1. The summed E-state index contributed by atoms with van der Waals surface area (Å²) in [7, 11) is 3.33. The van der Waals surface area contributed by atoms with Crippen LogP contribution in [0.2, 0.25) is 0 Å². The second-order valence-corrected chi connectivity index (χ2v) is 12.4. The van der Waals surface area contributed by atoms with Gasteiger partial charge in [-0.3, -0.25) is 0 Å². The Morgan fingerprint density at radius 1 is 1.15 bits per heavy atom. The third-order valence-electron chi connectivity index (χ3n) is 9.53. The lowest BCUT2D eigenvalue weighted by molar-refractivity contribution is -0.252. The molecule has 2 amide bonds. The molecule has 2 aliphatic carbocycles. The van der Waals surface area contributed by atoms with E-state index in [4.69, 9.17) is 19.0 Å². The number of aliphatic hydroxyl groups excluding tert-OH is 2. The molecule has 0 saturated heterocycles. The summed E-state index contributed by atoms with van der Waals surface area (Å²) in [5.41, 5.74) is 2.79. The quantitative estimate of drug-likeness (QED) is 0.109. The number of oxime groups is 1. The number of carbonyl (C=O) groups is 1. The molecule has 3 aliphatic rings. The highest BCUT2D eigenvalue weighted by Crippen LogP contribution is 2.61. The molecule has 1 aromatic carbocycles. The lowest BCUT2D eigenvalue weighted by atomic mass is 9.55. The zero-order valence-corrected chi connectivity index (χ0v) is 27.8. The molecule has 4 rings (SSSR count). The third-order valence-corrected chi connectivity index (χ3v) is 9.53. The molecule has 0 radical (unpaired) electrons. The van der Waals surface area contributed by atoms with Gasteiger partial charge in [0.25, 0.3) is 0 Å². The number of allylic oxidation sites excluding steroid dienone is 1. The van der Waals surface area contributed by atoms with Crippen LogP contribution in [0.4, 0.5) is 4.79 Å². The number of rotatable bonds is 18. The number of aliphatic hydroxyl groups is 2. The van der Waals surface area contributed by atoms with Crippen molar-refractivity contribution in [2.75, 3.05) is 47.1 Å². The van der Waals surface area contributed by atoms with Gasteiger partial charge < -0.3 is 39.5 Å². The van der Waals surface area contributed by atoms with Gasteiger partial charge in [0.1, 0.15) is 31.3 Å². The number of likely N-dealkylation sites (N-methyl/N-ethyl adjacent to an activating group) is 1. The molecular weight excluding hydrogens is 586 g/mol. The highest BCUT2D eigenvalue weighted by atomic mass is 16.7. The molecule has 3 N–H and O–H groups in total. The first-order valence-corrected chi connectivity index (χ1v) is 16.8. The van der Waals surface area contributed by atoms with Crippen LogP contribution in [0.1, 0.15) is 69.8 Å². The molecule has 6 atom stereocenters. The molecule has 1 fully saturated rings. The summed E-state index contributed by atoms with van der Waals surface area (Å²) >= 11 is 0. The second-order valence-electron chi connectivity index (χ2n) is 12.4. The van der Waals surface area contributed by atoms with E-state index in [0.717, 1.165) is 61.1 Å². The van der Waals surface area contributed by atoms with Crippen LogP contribution >= 0.6 is 0 Å². The fourth-order valence-corrected chi connectivity index (χ4v) is 7.58. The average molecular weight is 640 g/mol. The van der Waals surface area contributed by atoms with E-state index in [-0.39, 0.29) is 49.5 Å². The maximum Gasteiger partial charge on any atom is 0.317 e. The molecular formula is C36H53N3O7. The summed E-state index contributed by atoms with van der Waals surface area (Å²) < 4.78 is 19.9. The van der Waals surface area contributed by atoms with Gasteiger partial charge in [-0.2, -0.15) is 0 Å². The highest BCUT2D eigenvalue weighted by molar-refractivity contribution is 6.03. The van der Waals surface area contributed by atoms with Crippen molar-refractivity contribution in [2.24, 2.45) is 22.9 Å². The van der Waals surface area contributed by atoms with E-state index in [0.29, 0.717) is 31.7 Å². The average Bonchev–Trinajstić information content (AvgIpc) is 3.07. The Kier molecular flexibility index (Phi) is 13.1. The Morgan fingerprint density at radius 2 is 1.89 bits per heavy atom. The Labute approximate surface area is 274 Å². The Balaban J connectivity index is 1.98. The predicted octanol–water partition coefficient (Wildman–Crippen LogP) is 5.57. The second kappa shape index (κ2) is 17.0. The highest BCUT2D eigenvalue weighted by Gasteiger charge is 2.65. The van der Waals surface area contributed by atoms with Crippen LogP contribution in [0.3, 0.4) is 0 Å². The van der Waals surface area contributed by atoms with Gasteiger partial charge in [-0.1, -0.05) is 49.7 Å². The van der Waals surface area contributed by atoms with E-state index in [1.807, 2.05) is 19.1 Å². The minimum atomic E-state index is -1.25. The summed E-state index contributed by atoms with van der Waals surface area (Å²) in [5.74, 6) is 0.0671. The first-order chi connectivity index (χ1) is 22.4. The Bertz CT molecular complexity index is 1250. The van der Waals surface area contributed by atoms with E-state index in [1.54, 1.807) is 31.2 Å². The van der Waals surface area contributed by atoms with Crippen LogP contribution in [0, 0.1) is 17.8 Å². The molecule has 0 aromatic heterocycles. The molecule has 46 heavy (non-hydrogen) atoms. The lowest BCUT2D eigenvalue weighted by Gasteiger charge is -2.59. The fraction of sp³-hybridized carbons (Fsp3) is 0.611. The minimum absolute atomic E-state index is 0.0874. The summed E-state index contributed by atoms with van der Waals surface area (Å²) in [4.78, 5) is 20.7. The minimum Gasteiger partial charge on any atom is -0.490 e. The van der Waals surface area contributed by atoms with E-state index in [1.165, 1.54) is 0 Å². The summed E-state index contributed by atoms with van der Waals surface area (Å²) in [5, 5.41) is 26.9. The first-order valence-electron chi connectivity index (χ1n) is 16.8. The van der Waals surface area contributed by atoms with Gasteiger partial charge in [0.05, 0.1) is 18.2 Å². The molecule has 1 saturated carbocycles. The number of amides is 2. The summed E-state index contributed by atoms with van der Waals surface area (Å²) in [6.07, 6.45) is 11.9. The summed E-state index contributed by atoms with van der Waals surface area (Å²) in [6, 6.07) is 5.16.